The Hall–Kier alpha value is -2.32. The van der Waals surface area contributed by atoms with Crippen LogP contribution in [-0.4, -0.2) is 24.7 Å². The van der Waals surface area contributed by atoms with Crippen LogP contribution >= 0.6 is 0 Å². The van der Waals surface area contributed by atoms with Gasteiger partial charge >= 0.3 is 0 Å². The highest BCUT2D eigenvalue weighted by atomic mass is 15.2. The number of rotatable bonds is 2. The van der Waals surface area contributed by atoms with E-state index in [1.165, 1.54) is 28.0 Å². The lowest BCUT2D eigenvalue weighted by molar-refractivity contribution is 0.372. The number of nitrogens with one attached hydrogen (secondary N) is 1. The number of nitrogens with zero attached hydrogens (tertiary/aromatic N) is 1. The van der Waals surface area contributed by atoms with Crippen molar-refractivity contribution in [3.8, 4) is 0 Å². The Bertz CT molecular complexity index is 800. The molecule has 1 N–H and O–H groups in total. The van der Waals surface area contributed by atoms with Gasteiger partial charge in [0, 0.05) is 18.2 Å². The van der Waals surface area contributed by atoms with Crippen LogP contribution in [0.2, 0.25) is 0 Å². The van der Waals surface area contributed by atoms with E-state index in [9.17, 15) is 0 Å². The van der Waals surface area contributed by atoms with E-state index in [0.717, 1.165) is 6.67 Å². The normalized spacial score (nSPS) is 22.4. The van der Waals surface area contributed by atoms with E-state index in [2.05, 4.69) is 97.9 Å². The molecule has 1 atom stereocenters. The molecule has 0 aromatic heterocycles. The topological polar surface area (TPSA) is 15.3 Å². The molecule has 0 saturated carbocycles. The lowest BCUT2D eigenvalue weighted by atomic mass is 9.76. The maximum absolute atomic E-state index is 3.68. The molecule has 0 saturated heterocycles. The van der Waals surface area contributed by atoms with E-state index < -0.39 is 0 Å². The molecule has 24 heavy (non-hydrogen) atoms. The fourth-order valence-electron chi connectivity index (χ4n) is 4.16. The van der Waals surface area contributed by atoms with E-state index in [0.29, 0.717) is 6.04 Å². The van der Waals surface area contributed by atoms with Crippen LogP contribution in [0.1, 0.15) is 25.0 Å². The second-order valence-electron chi connectivity index (χ2n) is 7.24. The lowest BCUT2D eigenvalue weighted by Gasteiger charge is -2.39. The Morgan fingerprint density at radius 1 is 0.917 bits per heavy atom. The largest absolute Gasteiger partial charge is 0.361 e. The van der Waals surface area contributed by atoms with Crippen molar-refractivity contribution in [2.45, 2.75) is 19.9 Å². The van der Waals surface area contributed by atoms with Crippen molar-refractivity contribution in [2.75, 3.05) is 13.7 Å². The lowest BCUT2D eigenvalue weighted by Crippen LogP contribution is -2.44. The van der Waals surface area contributed by atoms with Crippen LogP contribution in [0.3, 0.4) is 0 Å². The zero-order chi connectivity index (χ0) is 16.7. The quantitative estimate of drug-likeness (QED) is 0.884. The number of hydrogen-bond acceptors (Lipinski definition) is 2. The van der Waals surface area contributed by atoms with Gasteiger partial charge in [0.05, 0.1) is 12.7 Å². The van der Waals surface area contributed by atoms with Gasteiger partial charge in [0.2, 0.25) is 0 Å². The molecule has 2 heteroatoms. The zero-order valence-corrected chi connectivity index (χ0v) is 14.6. The minimum atomic E-state index is -0.00112. The molecule has 0 spiro atoms. The Labute approximate surface area is 144 Å². The molecule has 2 aromatic rings. The van der Waals surface area contributed by atoms with Crippen molar-refractivity contribution >= 4 is 11.3 Å². The summed E-state index contributed by atoms with van der Waals surface area (Å²) in [5, 5.41) is 3.68. The molecule has 0 amide bonds. The highest BCUT2D eigenvalue weighted by Crippen LogP contribution is 2.51. The Morgan fingerprint density at radius 3 is 2.12 bits per heavy atom. The Balaban J connectivity index is 1.89. The molecule has 1 unspecified atom stereocenters. The summed E-state index contributed by atoms with van der Waals surface area (Å²) >= 11 is 0. The van der Waals surface area contributed by atoms with Gasteiger partial charge in [0.25, 0.3) is 0 Å². The first kappa shape index (κ1) is 15.2. The van der Waals surface area contributed by atoms with E-state index in [1.807, 2.05) is 0 Å². The summed E-state index contributed by atoms with van der Waals surface area (Å²) in [5.41, 5.74) is 6.88. The van der Waals surface area contributed by atoms with Crippen molar-refractivity contribution in [1.82, 2.24) is 10.2 Å². The first-order valence-corrected chi connectivity index (χ1v) is 8.61. The zero-order valence-electron chi connectivity index (χ0n) is 14.6. The average molecular weight is 316 g/mol. The van der Waals surface area contributed by atoms with Crippen molar-refractivity contribution < 1.29 is 0 Å². The molecular formula is C22H24N2. The third-order valence-corrected chi connectivity index (χ3v) is 5.31. The molecule has 2 aromatic carbocycles. The van der Waals surface area contributed by atoms with Gasteiger partial charge in [0.15, 0.2) is 0 Å². The van der Waals surface area contributed by atoms with Crippen LogP contribution in [0.15, 0.2) is 72.3 Å². The van der Waals surface area contributed by atoms with Crippen LogP contribution in [0.25, 0.3) is 11.3 Å². The predicted molar refractivity (Wildman–Crippen MR) is 101 cm³/mol. The molecule has 2 aliphatic rings. The first-order chi connectivity index (χ1) is 11.6. The average Bonchev–Trinajstić information content (AvgIpc) is 2.88. The summed E-state index contributed by atoms with van der Waals surface area (Å²) in [4.78, 5) is 2.34. The number of benzene rings is 2. The van der Waals surface area contributed by atoms with Crippen molar-refractivity contribution in [3.63, 3.8) is 0 Å². The van der Waals surface area contributed by atoms with Crippen molar-refractivity contribution in [3.05, 3.63) is 83.4 Å². The predicted octanol–water partition coefficient (Wildman–Crippen LogP) is 4.38. The standard InChI is InChI=1S/C22H24N2/c1-22(2)18(16-10-6-4-7-11-16)14-19-20(22)21(24(3)15-23-19)17-12-8-5-9-13-17/h4-14,19,23H,15H2,1-3H3. The second kappa shape index (κ2) is 5.64. The van der Waals surface area contributed by atoms with Gasteiger partial charge in [-0.1, -0.05) is 80.6 Å². The second-order valence-corrected chi connectivity index (χ2v) is 7.24. The maximum Gasteiger partial charge on any atom is 0.0686 e. The van der Waals surface area contributed by atoms with Gasteiger partial charge in [-0.2, -0.15) is 0 Å². The summed E-state index contributed by atoms with van der Waals surface area (Å²) in [6.07, 6.45) is 2.42. The van der Waals surface area contributed by atoms with Gasteiger partial charge in [-0.25, -0.2) is 0 Å². The number of allylic oxidation sites excluding steroid dienone is 1. The van der Waals surface area contributed by atoms with E-state index in [4.69, 9.17) is 0 Å². The summed E-state index contributed by atoms with van der Waals surface area (Å²) < 4.78 is 0. The molecule has 1 aliphatic heterocycles. The van der Waals surface area contributed by atoms with Crippen LogP contribution in [0, 0.1) is 5.41 Å². The SMILES string of the molecule is CN1CNC2C=C(c3ccccc3)C(C)(C)C2=C1c1ccccc1. The Morgan fingerprint density at radius 2 is 1.50 bits per heavy atom. The highest BCUT2D eigenvalue weighted by Gasteiger charge is 2.43. The van der Waals surface area contributed by atoms with E-state index >= 15 is 0 Å². The van der Waals surface area contributed by atoms with Crippen LogP contribution in [-0.2, 0) is 0 Å². The van der Waals surface area contributed by atoms with Gasteiger partial charge in [-0.15, -0.1) is 0 Å². The minimum absolute atomic E-state index is 0.00112. The monoisotopic (exact) mass is 316 g/mol. The van der Waals surface area contributed by atoms with Gasteiger partial charge < -0.3 is 4.90 Å². The molecule has 0 radical (unpaired) electrons. The Kier molecular flexibility index (Phi) is 3.58. The van der Waals surface area contributed by atoms with Gasteiger partial charge in [0.1, 0.15) is 0 Å². The summed E-state index contributed by atoms with van der Waals surface area (Å²) in [7, 11) is 2.18. The molecule has 4 rings (SSSR count). The number of fused-ring (bicyclic) bond motifs is 1. The smallest absolute Gasteiger partial charge is 0.0686 e. The fraction of sp³-hybridized carbons (Fsp3) is 0.273. The fourth-order valence-corrected chi connectivity index (χ4v) is 4.16. The molecule has 1 heterocycles. The molecule has 0 bridgehead atoms. The van der Waals surface area contributed by atoms with Crippen LogP contribution < -0.4 is 5.32 Å². The van der Waals surface area contributed by atoms with Crippen LogP contribution in [0.4, 0.5) is 0 Å². The molecule has 2 nitrogen and oxygen atoms in total. The maximum atomic E-state index is 3.68. The van der Waals surface area contributed by atoms with Crippen LogP contribution in [0.5, 0.6) is 0 Å². The van der Waals surface area contributed by atoms with Crippen molar-refractivity contribution in [1.29, 1.82) is 0 Å². The highest BCUT2D eigenvalue weighted by molar-refractivity contribution is 5.84. The third-order valence-electron chi connectivity index (χ3n) is 5.31. The minimum Gasteiger partial charge on any atom is -0.361 e. The first-order valence-electron chi connectivity index (χ1n) is 8.61. The van der Waals surface area contributed by atoms with Gasteiger partial charge in [-0.05, 0) is 22.3 Å². The molecule has 1 aliphatic carbocycles. The number of hydrogen-bond donors (Lipinski definition) is 1. The summed E-state index contributed by atoms with van der Waals surface area (Å²) in [5.74, 6) is 0. The molecule has 0 fully saturated rings. The van der Waals surface area contributed by atoms with Crippen molar-refractivity contribution in [2.24, 2.45) is 5.41 Å². The summed E-state index contributed by atoms with van der Waals surface area (Å²) in [6.45, 7) is 5.57. The van der Waals surface area contributed by atoms with Gasteiger partial charge in [-0.3, -0.25) is 5.32 Å². The van der Waals surface area contributed by atoms with E-state index in [-0.39, 0.29) is 5.41 Å². The molecule has 122 valence electrons. The third kappa shape index (κ3) is 2.30. The molecular weight excluding hydrogens is 292 g/mol. The van der Waals surface area contributed by atoms with E-state index in [1.54, 1.807) is 0 Å². The summed E-state index contributed by atoms with van der Waals surface area (Å²) in [6, 6.07) is 21.9.